The van der Waals surface area contributed by atoms with Crippen LogP contribution in [-0.4, -0.2) is 34.3 Å². The molecule has 2 bridgehead atoms. The molecule has 3 fully saturated rings. The third-order valence-electron chi connectivity index (χ3n) is 5.16. The number of aromatic nitrogens is 1. The lowest BCUT2D eigenvalue weighted by Crippen LogP contribution is -2.40. The monoisotopic (exact) mass is 325 g/mol. The quantitative estimate of drug-likeness (QED) is 0.935. The summed E-state index contributed by atoms with van der Waals surface area (Å²) in [5, 5.41) is 0. The number of primary amides is 1. The summed E-state index contributed by atoms with van der Waals surface area (Å²) in [6, 6.07) is 5.94. The molecule has 3 unspecified atom stereocenters. The Kier molecular flexibility index (Phi) is 3.23. The second-order valence-electron chi connectivity index (χ2n) is 6.85. The van der Waals surface area contributed by atoms with Crippen LogP contribution in [0.15, 0.2) is 29.0 Å². The molecule has 0 radical (unpaired) electrons. The highest BCUT2D eigenvalue weighted by molar-refractivity contribution is 5.96. The molecule has 2 aliphatic heterocycles. The Hall–Kier alpha value is -2.63. The van der Waals surface area contributed by atoms with Gasteiger partial charge in [0, 0.05) is 24.1 Å². The Morgan fingerprint density at radius 3 is 2.62 bits per heavy atom. The normalized spacial score (nSPS) is 24.8. The summed E-state index contributed by atoms with van der Waals surface area (Å²) in [5.41, 5.74) is 8.42. The molecule has 6 nitrogen and oxygen atoms in total. The van der Waals surface area contributed by atoms with Gasteiger partial charge in [-0.05, 0) is 38.3 Å². The van der Waals surface area contributed by atoms with Gasteiger partial charge in [-0.2, -0.15) is 0 Å². The number of hydrogen-bond donors (Lipinski definition) is 1. The maximum atomic E-state index is 12.9. The van der Waals surface area contributed by atoms with Gasteiger partial charge in [0.1, 0.15) is 5.76 Å². The van der Waals surface area contributed by atoms with Gasteiger partial charge in [-0.15, -0.1) is 0 Å². The van der Waals surface area contributed by atoms with Crippen molar-refractivity contribution < 1.29 is 14.0 Å². The molecule has 6 heteroatoms. The number of nitrogens with zero attached hydrogens (tertiary/aromatic N) is 2. The third kappa shape index (κ3) is 2.13. The summed E-state index contributed by atoms with van der Waals surface area (Å²) in [5.74, 6) is 0.300. The number of aryl methyl sites for hydroxylation is 2. The molecule has 1 aliphatic carbocycles. The molecule has 2 amide bonds. The van der Waals surface area contributed by atoms with Crippen molar-refractivity contribution in [2.75, 3.05) is 6.54 Å². The minimum Gasteiger partial charge on any atom is -0.447 e. The number of carbonyl (C=O) groups excluding carboxylic acids is 2. The van der Waals surface area contributed by atoms with Crippen LogP contribution in [0.2, 0.25) is 0 Å². The molecule has 0 spiro atoms. The third-order valence-corrected chi connectivity index (χ3v) is 5.16. The molecule has 124 valence electrons. The summed E-state index contributed by atoms with van der Waals surface area (Å²) in [6.45, 7) is 4.66. The molecule has 3 heterocycles. The molecule has 3 atom stereocenters. The molecule has 2 N–H and O–H groups in total. The fourth-order valence-electron chi connectivity index (χ4n) is 4.18. The summed E-state index contributed by atoms with van der Waals surface area (Å²) >= 11 is 0. The van der Waals surface area contributed by atoms with E-state index in [0.29, 0.717) is 23.8 Å². The Bertz CT molecular complexity index is 822. The van der Waals surface area contributed by atoms with Crippen LogP contribution in [0.5, 0.6) is 0 Å². The van der Waals surface area contributed by atoms with Crippen molar-refractivity contribution in [2.24, 2.45) is 11.7 Å². The van der Waals surface area contributed by atoms with Crippen LogP contribution < -0.4 is 5.73 Å². The Morgan fingerprint density at radius 1 is 1.25 bits per heavy atom. The molecule has 1 aromatic heterocycles. The molecule has 1 aromatic carbocycles. The highest BCUT2D eigenvalue weighted by atomic mass is 16.3. The smallest absolute Gasteiger partial charge is 0.270 e. The first-order valence-electron chi connectivity index (χ1n) is 8.08. The first kappa shape index (κ1) is 14.9. The van der Waals surface area contributed by atoms with Crippen LogP contribution in [-0.2, 0) is 0 Å². The average Bonchev–Trinajstić information content (AvgIpc) is 3.19. The van der Waals surface area contributed by atoms with E-state index in [0.717, 1.165) is 17.5 Å². The van der Waals surface area contributed by atoms with Crippen LogP contribution in [0.25, 0.3) is 0 Å². The van der Waals surface area contributed by atoms with Crippen LogP contribution in [0.4, 0.5) is 0 Å². The van der Waals surface area contributed by atoms with Gasteiger partial charge in [0.05, 0.1) is 0 Å². The topological polar surface area (TPSA) is 89.4 Å². The van der Waals surface area contributed by atoms with E-state index in [-0.39, 0.29) is 23.6 Å². The van der Waals surface area contributed by atoms with Crippen LogP contribution in [0, 0.1) is 19.8 Å². The van der Waals surface area contributed by atoms with E-state index < -0.39 is 5.91 Å². The predicted molar refractivity (Wildman–Crippen MR) is 86.6 cm³/mol. The van der Waals surface area contributed by atoms with Crippen molar-refractivity contribution in [3.63, 3.8) is 0 Å². The van der Waals surface area contributed by atoms with E-state index in [9.17, 15) is 9.59 Å². The van der Waals surface area contributed by atoms with E-state index in [1.165, 1.54) is 6.39 Å². The largest absolute Gasteiger partial charge is 0.447 e. The number of carbonyl (C=O) groups is 2. The van der Waals surface area contributed by atoms with Crippen LogP contribution in [0.3, 0.4) is 0 Å². The maximum absolute atomic E-state index is 12.9. The van der Waals surface area contributed by atoms with Crippen LogP contribution in [0.1, 0.15) is 50.1 Å². The number of rotatable bonds is 3. The molecule has 3 aliphatic rings. The highest BCUT2D eigenvalue weighted by Gasteiger charge is 2.56. The van der Waals surface area contributed by atoms with Crippen molar-refractivity contribution in [2.45, 2.75) is 32.2 Å². The van der Waals surface area contributed by atoms with E-state index >= 15 is 0 Å². The van der Waals surface area contributed by atoms with Crippen molar-refractivity contribution in [1.29, 1.82) is 0 Å². The number of hydrogen-bond acceptors (Lipinski definition) is 4. The first-order valence-corrected chi connectivity index (χ1v) is 8.08. The summed E-state index contributed by atoms with van der Waals surface area (Å²) in [4.78, 5) is 30.2. The lowest BCUT2D eigenvalue weighted by atomic mass is 9.72. The Labute approximate surface area is 139 Å². The summed E-state index contributed by atoms with van der Waals surface area (Å²) in [7, 11) is 0. The van der Waals surface area contributed by atoms with Gasteiger partial charge in [0.25, 0.3) is 11.8 Å². The maximum Gasteiger partial charge on any atom is 0.270 e. The van der Waals surface area contributed by atoms with E-state index in [1.54, 1.807) is 0 Å². The van der Waals surface area contributed by atoms with Gasteiger partial charge >= 0.3 is 0 Å². The minimum atomic E-state index is -0.586. The zero-order chi connectivity index (χ0) is 17.0. The van der Waals surface area contributed by atoms with Crippen molar-refractivity contribution >= 4 is 11.8 Å². The SMILES string of the molecule is Cc1cc(C)cc(C(=O)N2CC3CC2C3c2ocnc2C(N)=O)c1. The van der Waals surface area contributed by atoms with Gasteiger partial charge in [0.2, 0.25) is 0 Å². The standard InChI is InChI=1S/C18H19N3O3/c1-9-3-10(2)5-11(4-9)18(23)21-7-12-6-13(21)14(12)16-15(17(19)22)20-8-24-16/h3-5,8,12-14H,6-7H2,1-2H3,(H2,19,22). The number of nitrogens with two attached hydrogens (primary N) is 1. The lowest BCUT2D eigenvalue weighted by Gasteiger charge is -2.35. The van der Waals surface area contributed by atoms with Crippen molar-refractivity contribution in [3.8, 4) is 0 Å². The minimum absolute atomic E-state index is 0.0184. The van der Waals surface area contributed by atoms with E-state index in [1.807, 2.05) is 30.9 Å². The molecule has 1 saturated carbocycles. The first-order chi connectivity index (χ1) is 11.5. The van der Waals surface area contributed by atoms with Crippen LogP contribution >= 0.6 is 0 Å². The van der Waals surface area contributed by atoms with E-state index in [4.69, 9.17) is 10.2 Å². The second kappa shape index (κ2) is 5.19. The summed E-state index contributed by atoms with van der Waals surface area (Å²) < 4.78 is 5.43. The molecular weight excluding hydrogens is 306 g/mol. The molecule has 2 aromatic rings. The Morgan fingerprint density at radius 2 is 1.96 bits per heavy atom. The number of benzene rings is 1. The summed E-state index contributed by atoms with van der Waals surface area (Å²) in [6.07, 6.45) is 2.18. The molecular formula is C18H19N3O3. The predicted octanol–water partition coefficient (Wildman–Crippen LogP) is 2.02. The molecule has 2 saturated heterocycles. The average molecular weight is 325 g/mol. The van der Waals surface area contributed by atoms with Crippen molar-refractivity contribution in [1.82, 2.24) is 9.88 Å². The number of oxazole rings is 1. The number of fused-ring (bicyclic) bond motifs is 1. The van der Waals surface area contributed by atoms with Gasteiger partial charge in [-0.3, -0.25) is 9.59 Å². The zero-order valence-corrected chi connectivity index (χ0v) is 13.7. The van der Waals surface area contributed by atoms with Gasteiger partial charge in [-0.1, -0.05) is 17.2 Å². The van der Waals surface area contributed by atoms with Gasteiger partial charge < -0.3 is 15.1 Å². The lowest BCUT2D eigenvalue weighted by molar-refractivity contribution is 0.0729. The Balaban J connectivity index is 1.61. The highest BCUT2D eigenvalue weighted by Crippen LogP contribution is 2.53. The van der Waals surface area contributed by atoms with Crippen molar-refractivity contribution in [3.05, 3.63) is 52.7 Å². The molecule has 5 rings (SSSR count). The zero-order valence-electron chi connectivity index (χ0n) is 13.7. The fourth-order valence-corrected chi connectivity index (χ4v) is 4.18. The van der Waals surface area contributed by atoms with E-state index in [2.05, 4.69) is 11.1 Å². The fraction of sp³-hybridized carbons (Fsp3) is 0.389. The number of amides is 2. The second-order valence-corrected chi connectivity index (χ2v) is 6.85. The molecule has 24 heavy (non-hydrogen) atoms. The van der Waals surface area contributed by atoms with Gasteiger partial charge in [0.15, 0.2) is 12.1 Å². The van der Waals surface area contributed by atoms with Gasteiger partial charge in [-0.25, -0.2) is 4.98 Å².